The molecule has 3 aromatic rings. The van der Waals surface area contributed by atoms with Crippen molar-refractivity contribution >= 4 is 34.3 Å². The first kappa shape index (κ1) is 15.3. The lowest BCUT2D eigenvalue weighted by atomic mass is 10.2. The first-order chi connectivity index (χ1) is 11.2. The molecule has 23 heavy (non-hydrogen) atoms. The van der Waals surface area contributed by atoms with Crippen LogP contribution >= 0.6 is 11.3 Å². The number of nitrogens with one attached hydrogen (secondary N) is 2. The fraction of sp³-hybridized carbons (Fsp3) is 0.176. The molecule has 0 aliphatic carbocycles. The van der Waals surface area contributed by atoms with Gasteiger partial charge in [-0.3, -0.25) is 0 Å². The van der Waals surface area contributed by atoms with E-state index in [0.717, 1.165) is 18.7 Å². The Morgan fingerprint density at radius 2 is 1.87 bits per heavy atom. The molecule has 2 heterocycles. The number of nitrogens with zero attached hydrogens (tertiary/aromatic N) is 2. The highest BCUT2D eigenvalue weighted by molar-refractivity contribution is 7.09. The predicted molar refractivity (Wildman–Crippen MR) is 97.4 cm³/mol. The molecule has 5 nitrogen and oxygen atoms in total. The standard InChI is InChI=1S/C17H19N5S/c1-12-4-6-13(7-5-12)22-17-15(18)16(20-11-21-17)19-9-8-14-3-2-10-23-14/h2-7,10-11H,8-9,18H2,1H3,(H2,19,20,21,22). The maximum Gasteiger partial charge on any atom is 0.159 e. The first-order valence-electron chi connectivity index (χ1n) is 7.43. The Labute approximate surface area is 139 Å². The molecule has 0 aliphatic rings. The number of hydrogen-bond acceptors (Lipinski definition) is 6. The van der Waals surface area contributed by atoms with Crippen LogP contribution in [0.3, 0.4) is 0 Å². The Hall–Kier alpha value is -2.60. The molecule has 2 aromatic heterocycles. The van der Waals surface area contributed by atoms with Crippen molar-refractivity contribution < 1.29 is 0 Å². The monoisotopic (exact) mass is 325 g/mol. The summed E-state index contributed by atoms with van der Waals surface area (Å²) in [6, 6.07) is 12.3. The molecule has 0 aliphatic heterocycles. The van der Waals surface area contributed by atoms with Crippen molar-refractivity contribution in [1.82, 2.24) is 9.97 Å². The van der Waals surface area contributed by atoms with Crippen LogP contribution in [0.5, 0.6) is 0 Å². The Morgan fingerprint density at radius 3 is 2.61 bits per heavy atom. The van der Waals surface area contributed by atoms with Crippen LogP contribution in [0.4, 0.5) is 23.0 Å². The van der Waals surface area contributed by atoms with E-state index in [1.165, 1.54) is 16.8 Å². The molecule has 0 amide bonds. The van der Waals surface area contributed by atoms with Gasteiger partial charge in [-0.15, -0.1) is 11.3 Å². The smallest absolute Gasteiger partial charge is 0.159 e. The minimum atomic E-state index is 0.527. The van der Waals surface area contributed by atoms with Crippen LogP contribution in [0.1, 0.15) is 10.4 Å². The van der Waals surface area contributed by atoms with E-state index in [-0.39, 0.29) is 0 Å². The number of thiophene rings is 1. The van der Waals surface area contributed by atoms with Gasteiger partial charge in [0.25, 0.3) is 0 Å². The highest BCUT2D eigenvalue weighted by atomic mass is 32.1. The van der Waals surface area contributed by atoms with Crippen molar-refractivity contribution in [3.05, 3.63) is 58.5 Å². The van der Waals surface area contributed by atoms with Gasteiger partial charge in [0.15, 0.2) is 11.6 Å². The summed E-state index contributed by atoms with van der Waals surface area (Å²) >= 11 is 1.75. The third-order valence-corrected chi connectivity index (χ3v) is 4.38. The fourth-order valence-corrected chi connectivity index (χ4v) is 2.88. The highest BCUT2D eigenvalue weighted by Gasteiger charge is 2.08. The van der Waals surface area contributed by atoms with Gasteiger partial charge in [-0.2, -0.15) is 0 Å². The maximum atomic E-state index is 6.17. The number of nitrogen functional groups attached to an aromatic ring is 1. The molecule has 118 valence electrons. The molecule has 0 radical (unpaired) electrons. The van der Waals surface area contributed by atoms with Crippen molar-refractivity contribution in [3.8, 4) is 0 Å². The normalized spacial score (nSPS) is 10.5. The molecule has 3 rings (SSSR count). The number of rotatable bonds is 6. The predicted octanol–water partition coefficient (Wildman–Crippen LogP) is 3.83. The Balaban J connectivity index is 1.66. The van der Waals surface area contributed by atoms with Gasteiger partial charge in [-0.1, -0.05) is 23.8 Å². The van der Waals surface area contributed by atoms with E-state index in [2.05, 4.69) is 45.0 Å². The van der Waals surface area contributed by atoms with Crippen LogP contribution in [0, 0.1) is 6.92 Å². The summed E-state index contributed by atoms with van der Waals surface area (Å²) < 4.78 is 0. The highest BCUT2D eigenvalue weighted by Crippen LogP contribution is 2.25. The lowest BCUT2D eigenvalue weighted by Crippen LogP contribution is -2.10. The Kier molecular flexibility index (Phi) is 4.73. The molecular formula is C17H19N5S. The second-order valence-corrected chi connectivity index (χ2v) is 6.26. The molecule has 0 spiro atoms. The van der Waals surface area contributed by atoms with Gasteiger partial charge in [-0.05, 0) is 36.9 Å². The number of aromatic nitrogens is 2. The van der Waals surface area contributed by atoms with E-state index in [1.54, 1.807) is 11.3 Å². The molecule has 0 saturated heterocycles. The third kappa shape index (κ3) is 3.98. The quantitative estimate of drug-likeness (QED) is 0.642. The molecule has 0 saturated carbocycles. The molecule has 0 bridgehead atoms. The Bertz CT molecular complexity index is 753. The van der Waals surface area contributed by atoms with E-state index in [9.17, 15) is 0 Å². The molecule has 0 fully saturated rings. The van der Waals surface area contributed by atoms with Crippen LogP contribution in [-0.2, 0) is 6.42 Å². The Morgan fingerprint density at radius 1 is 1.09 bits per heavy atom. The number of nitrogens with two attached hydrogens (primary N) is 1. The lowest BCUT2D eigenvalue weighted by Gasteiger charge is -2.12. The SMILES string of the molecule is Cc1ccc(Nc2ncnc(NCCc3cccs3)c2N)cc1. The first-order valence-corrected chi connectivity index (χ1v) is 8.31. The van der Waals surface area contributed by atoms with Crippen molar-refractivity contribution in [2.24, 2.45) is 0 Å². The van der Waals surface area contributed by atoms with E-state index < -0.39 is 0 Å². The summed E-state index contributed by atoms with van der Waals surface area (Å²) in [5.74, 6) is 1.27. The van der Waals surface area contributed by atoms with Crippen molar-refractivity contribution in [2.75, 3.05) is 22.9 Å². The van der Waals surface area contributed by atoms with Crippen LogP contribution in [-0.4, -0.2) is 16.5 Å². The minimum absolute atomic E-state index is 0.527. The zero-order chi connectivity index (χ0) is 16.1. The van der Waals surface area contributed by atoms with Gasteiger partial charge in [0, 0.05) is 17.1 Å². The summed E-state index contributed by atoms with van der Waals surface area (Å²) in [7, 11) is 0. The largest absolute Gasteiger partial charge is 0.393 e. The summed E-state index contributed by atoms with van der Waals surface area (Å²) in [5.41, 5.74) is 8.86. The minimum Gasteiger partial charge on any atom is -0.393 e. The van der Waals surface area contributed by atoms with E-state index in [1.807, 2.05) is 24.3 Å². The van der Waals surface area contributed by atoms with Crippen LogP contribution in [0.2, 0.25) is 0 Å². The fourth-order valence-electron chi connectivity index (χ4n) is 2.17. The zero-order valence-corrected chi connectivity index (χ0v) is 13.7. The zero-order valence-electron chi connectivity index (χ0n) is 12.9. The van der Waals surface area contributed by atoms with Gasteiger partial charge in [0.1, 0.15) is 12.0 Å². The maximum absolute atomic E-state index is 6.17. The summed E-state index contributed by atoms with van der Waals surface area (Å²) in [4.78, 5) is 9.80. The summed E-state index contributed by atoms with van der Waals surface area (Å²) in [6.07, 6.45) is 2.46. The van der Waals surface area contributed by atoms with Crippen molar-refractivity contribution in [2.45, 2.75) is 13.3 Å². The molecule has 1 aromatic carbocycles. The van der Waals surface area contributed by atoms with Gasteiger partial charge in [0.2, 0.25) is 0 Å². The van der Waals surface area contributed by atoms with Gasteiger partial charge < -0.3 is 16.4 Å². The van der Waals surface area contributed by atoms with Gasteiger partial charge in [0.05, 0.1) is 0 Å². The number of hydrogen-bond donors (Lipinski definition) is 3. The summed E-state index contributed by atoms with van der Waals surface area (Å²) in [5, 5.41) is 8.59. The van der Waals surface area contributed by atoms with Gasteiger partial charge >= 0.3 is 0 Å². The van der Waals surface area contributed by atoms with Crippen LogP contribution in [0.15, 0.2) is 48.1 Å². The topological polar surface area (TPSA) is 75.9 Å². The molecule has 0 unspecified atom stereocenters. The van der Waals surface area contributed by atoms with Crippen LogP contribution < -0.4 is 16.4 Å². The molecular weight excluding hydrogens is 306 g/mol. The van der Waals surface area contributed by atoms with E-state index in [0.29, 0.717) is 17.3 Å². The van der Waals surface area contributed by atoms with E-state index >= 15 is 0 Å². The van der Waals surface area contributed by atoms with E-state index in [4.69, 9.17) is 5.73 Å². The number of benzene rings is 1. The molecule has 4 N–H and O–H groups in total. The average Bonchev–Trinajstić information content (AvgIpc) is 3.06. The van der Waals surface area contributed by atoms with Crippen molar-refractivity contribution in [3.63, 3.8) is 0 Å². The second-order valence-electron chi connectivity index (χ2n) is 5.23. The molecule has 6 heteroatoms. The number of anilines is 4. The summed E-state index contributed by atoms with van der Waals surface area (Å²) in [6.45, 7) is 2.84. The van der Waals surface area contributed by atoms with Gasteiger partial charge in [-0.25, -0.2) is 9.97 Å². The van der Waals surface area contributed by atoms with Crippen LogP contribution in [0.25, 0.3) is 0 Å². The lowest BCUT2D eigenvalue weighted by molar-refractivity contribution is 1.02. The second kappa shape index (κ2) is 7.11. The van der Waals surface area contributed by atoms with Crippen molar-refractivity contribution in [1.29, 1.82) is 0 Å². The average molecular weight is 325 g/mol. The number of aryl methyl sites for hydroxylation is 1. The third-order valence-electron chi connectivity index (χ3n) is 3.44. The molecule has 0 atom stereocenters.